The lowest BCUT2D eigenvalue weighted by Crippen LogP contribution is -2.50. The molecule has 6 heteroatoms. The van der Waals surface area contributed by atoms with Crippen LogP contribution < -0.4 is 0 Å². The summed E-state index contributed by atoms with van der Waals surface area (Å²) in [6.07, 6.45) is 2.25. The van der Waals surface area contributed by atoms with Gasteiger partial charge in [0, 0.05) is 39.0 Å². The number of piperidine rings is 2. The maximum atomic E-state index is 12.3. The van der Waals surface area contributed by atoms with Gasteiger partial charge in [-0.15, -0.1) is 0 Å². The lowest BCUT2D eigenvalue weighted by molar-refractivity contribution is -0.149. The maximum absolute atomic E-state index is 12.3. The van der Waals surface area contributed by atoms with E-state index in [4.69, 9.17) is 4.74 Å². The zero-order chi connectivity index (χ0) is 14.5. The standard InChI is InChI=1S/C14H22N2O4/c1-2-20-13(18)11-3-7-15(8-4-11)14(19)16-9-5-12(17)6-10-16/h11H,2-10H2,1H3. The van der Waals surface area contributed by atoms with Crippen molar-refractivity contribution in [2.45, 2.75) is 32.6 Å². The minimum Gasteiger partial charge on any atom is -0.466 e. The Morgan fingerprint density at radius 1 is 1.10 bits per heavy atom. The Morgan fingerprint density at radius 2 is 1.65 bits per heavy atom. The van der Waals surface area contributed by atoms with Gasteiger partial charge in [0.25, 0.3) is 0 Å². The van der Waals surface area contributed by atoms with Crippen molar-refractivity contribution in [2.75, 3.05) is 32.8 Å². The average Bonchev–Trinajstić information content (AvgIpc) is 2.48. The van der Waals surface area contributed by atoms with Crippen molar-refractivity contribution in [3.8, 4) is 0 Å². The van der Waals surface area contributed by atoms with Crippen LogP contribution in [0.3, 0.4) is 0 Å². The van der Waals surface area contributed by atoms with Gasteiger partial charge in [-0.3, -0.25) is 9.59 Å². The van der Waals surface area contributed by atoms with E-state index in [-0.39, 0.29) is 23.7 Å². The van der Waals surface area contributed by atoms with Crippen molar-refractivity contribution >= 4 is 17.8 Å². The molecule has 0 aromatic heterocycles. The van der Waals surface area contributed by atoms with Crippen LogP contribution in [0.15, 0.2) is 0 Å². The zero-order valence-electron chi connectivity index (χ0n) is 12.0. The van der Waals surface area contributed by atoms with Gasteiger partial charge in [-0.1, -0.05) is 0 Å². The van der Waals surface area contributed by atoms with Gasteiger partial charge < -0.3 is 14.5 Å². The number of esters is 1. The molecule has 2 heterocycles. The molecule has 2 aliphatic rings. The highest BCUT2D eigenvalue weighted by molar-refractivity contribution is 5.83. The van der Waals surface area contributed by atoms with Gasteiger partial charge in [0.1, 0.15) is 5.78 Å². The number of Topliss-reactive ketones (excluding diaryl/α,β-unsaturated/α-hetero) is 1. The van der Waals surface area contributed by atoms with Crippen LogP contribution in [0, 0.1) is 5.92 Å². The molecule has 0 spiro atoms. The number of urea groups is 1. The molecule has 0 aliphatic carbocycles. The van der Waals surface area contributed by atoms with Crippen LogP contribution in [0.25, 0.3) is 0 Å². The van der Waals surface area contributed by atoms with E-state index >= 15 is 0 Å². The molecule has 2 aliphatic heterocycles. The molecule has 0 unspecified atom stereocenters. The van der Waals surface area contributed by atoms with Gasteiger partial charge >= 0.3 is 12.0 Å². The molecule has 2 saturated heterocycles. The first kappa shape index (κ1) is 14.8. The largest absolute Gasteiger partial charge is 0.466 e. The van der Waals surface area contributed by atoms with Crippen LogP contribution in [0.1, 0.15) is 32.6 Å². The summed E-state index contributed by atoms with van der Waals surface area (Å²) >= 11 is 0. The smallest absolute Gasteiger partial charge is 0.320 e. The van der Waals surface area contributed by atoms with Crippen molar-refractivity contribution < 1.29 is 19.1 Å². The Kier molecular flexibility index (Phi) is 4.98. The van der Waals surface area contributed by atoms with Crippen LogP contribution in [0.4, 0.5) is 4.79 Å². The molecule has 2 amide bonds. The first-order chi connectivity index (χ1) is 9.61. The fourth-order valence-electron chi connectivity index (χ4n) is 2.71. The second-order valence-electron chi connectivity index (χ2n) is 5.32. The Bertz CT molecular complexity index is 379. The predicted molar refractivity (Wildman–Crippen MR) is 72.1 cm³/mol. The molecule has 0 atom stereocenters. The molecule has 112 valence electrons. The number of carbonyl (C=O) groups excluding carboxylic acids is 3. The fraction of sp³-hybridized carbons (Fsp3) is 0.786. The van der Waals surface area contributed by atoms with E-state index in [2.05, 4.69) is 0 Å². The zero-order valence-corrected chi connectivity index (χ0v) is 12.0. The highest BCUT2D eigenvalue weighted by Gasteiger charge is 2.31. The summed E-state index contributed by atoms with van der Waals surface area (Å²) in [6, 6.07) is -0.000177. The van der Waals surface area contributed by atoms with Crippen LogP contribution in [0.5, 0.6) is 0 Å². The highest BCUT2D eigenvalue weighted by Crippen LogP contribution is 2.20. The van der Waals surface area contributed by atoms with Crippen molar-refractivity contribution in [3.05, 3.63) is 0 Å². The third kappa shape index (κ3) is 3.49. The Hall–Kier alpha value is -1.59. The quantitative estimate of drug-likeness (QED) is 0.710. The number of likely N-dealkylation sites (tertiary alicyclic amines) is 2. The number of rotatable bonds is 2. The fourth-order valence-corrected chi connectivity index (χ4v) is 2.71. The number of hydrogen-bond donors (Lipinski definition) is 0. The first-order valence-corrected chi connectivity index (χ1v) is 7.34. The van der Waals surface area contributed by atoms with Crippen LogP contribution in [-0.2, 0) is 14.3 Å². The normalized spacial score (nSPS) is 20.9. The molecule has 0 radical (unpaired) electrons. The molecule has 0 aromatic carbocycles. The predicted octanol–water partition coefficient (Wildman–Crippen LogP) is 1.05. The molecular weight excluding hydrogens is 260 g/mol. The summed E-state index contributed by atoms with van der Waals surface area (Å²) in [6.45, 7) is 4.43. The molecule has 0 aromatic rings. The molecule has 20 heavy (non-hydrogen) atoms. The summed E-state index contributed by atoms with van der Waals surface area (Å²) in [5, 5.41) is 0. The van der Waals surface area contributed by atoms with E-state index in [1.807, 2.05) is 0 Å². The van der Waals surface area contributed by atoms with Crippen molar-refractivity contribution in [3.63, 3.8) is 0 Å². The Balaban J connectivity index is 1.80. The average molecular weight is 282 g/mol. The van der Waals surface area contributed by atoms with Crippen LogP contribution in [0.2, 0.25) is 0 Å². The third-order valence-corrected chi connectivity index (χ3v) is 3.98. The second kappa shape index (κ2) is 6.72. The topological polar surface area (TPSA) is 66.9 Å². The lowest BCUT2D eigenvalue weighted by atomic mass is 9.97. The number of nitrogens with zero attached hydrogens (tertiary/aromatic N) is 2. The highest BCUT2D eigenvalue weighted by atomic mass is 16.5. The van der Waals surface area contributed by atoms with E-state index in [0.717, 1.165) is 0 Å². The lowest BCUT2D eigenvalue weighted by Gasteiger charge is -2.36. The van der Waals surface area contributed by atoms with E-state index < -0.39 is 0 Å². The van der Waals surface area contributed by atoms with Gasteiger partial charge in [0.2, 0.25) is 0 Å². The number of ether oxygens (including phenoxy) is 1. The van der Waals surface area contributed by atoms with Crippen LogP contribution in [-0.4, -0.2) is 60.4 Å². The van der Waals surface area contributed by atoms with Crippen molar-refractivity contribution in [2.24, 2.45) is 5.92 Å². The summed E-state index contributed by atoms with van der Waals surface area (Å²) in [5.41, 5.74) is 0. The molecule has 0 saturated carbocycles. The molecule has 0 N–H and O–H groups in total. The number of amides is 2. The van der Waals surface area contributed by atoms with Gasteiger partial charge in [-0.05, 0) is 19.8 Å². The molecular formula is C14H22N2O4. The van der Waals surface area contributed by atoms with Gasteiger partial charge in [-0.25, -0.2) is 4.79 Å². The Labute approximate surface area is 119 Å². The summed E-state index contributed by atoms with van der Waals surface area (Å²) in [5.74, 6) is 0.000158. The van der Waals surface area contributed by atoms with Gasteiger partial charge in [0.05, 0.1) is 12.5 Å². The minimum atomic E-state index is -0.150. The van der Waals surface area contributed by atoms with Gasteiger partial charge in [-0.2, -0.15) is 0 Å². The minimum absolute atomic E-state index is 0.000177. The van der Waals surface area contributed by atoms with E-state index in [9.17, 15) is 14.4 Å². The second-order valence-corrected chi connectivity index (χ2v) is 5.32. The number of carbonyl (C=O) groups is 3. The van der Waals surface area contributed by atoms with Gasteiger partial charge in [0.15, 0.2) is 0 Å². The molecule has 0 bridgehead atoms. The monoisotopic (exact) mass is 282 g/mol. The van der Waals surface area contributed by atoms with E-state index in [1.54, 1.807) is 16.7 Å². The SMILES string of the molecule is CCOC(=O)C1CCN(C(=O)N2CCC(=O)CC2)CC1. The summed E-state index contributed by atoms with van der Waals surface area (Å²) in [4.78, 5) is 38.6. The van der Waals surface area contributed by atoms with Crippen molar-refractivity contribution in [1.82, 2.24) is 9.80 Å². The summed E-state index contributed by atoms with van der Waals surface area (Å²) in [7, 11) is 0. The number of hydrogen-bond acceptors (Lipinski definition) is 4. The molecule has 2 fully saturated rings. The van der Waals surface area contributed by atoms with E-state index in [0.29, 0.717) is 58.5 Å². The van der Waals surface area contributed by atoms with Crippen molar-refractivity contribution in [1.29, 1.82) is 0 Å². The first-order valence-electron chi connectivity index (χ1n) is 7.34. The molecule has 6 nitrogen and oxygen atoms in total. The third-order valence-electron chi connectivity index (χ3n) is 3.98. The van der Waals surface area contributed by atoms with Crippen LogP contribution >= 0.6 is 0 Å². The Morgan fingerprint density at radius 3 is 2.20 bits per heavy atom. The molecule has 2 rings (SSSR count). The summed E-state index contributed by atoms with van der Waals surface area (Å²) < 4.78 is 5.01. The van der Waals surface area contributed by atoms with E-state index in [1.165, 1.54) is 0 Å². The number of ketones is 1. The maximum Gasteiger partial charge on any atom is 0.320 e.